The van der Waals surface area contributed by atoms with Crippen LogP contribution in [0, 0.1) is 0 Å². The lowest BCUT2D eigenvalue weighted by Crippen LogP contribution is -2.21. The lowest BCUT2D eigenvalue weighted by Gasteiger charge is -2.12. The molecule has 0 spiro atoms. The third-order valence-electron chi connectivity index (χ3n) is 11.5. The number of para-hydroxylation sites is 6. The highest BCUT2D eigenvalue weighted by Gasteiger charge is 2.18. The first-order valence-electron chi connectivity index (χ1n) is 19.3. The highest BCUT2D eigenvalue weighted by atomic mass is 15.1. The molecule has 6 heteroatoms. The lowest BCUT2D eigenvalue weighted by molar-refractivity contribution is 0.805. The van der Waals surface area contributed by atoms with Crippen LogP contribution in [-0.4, -0.2) is 23.1 Å². The number of hydrogen-bond donors (Lipinski definition) is 0. The molecule has 0 aliphatic carbocycles. The molecule has 12 rings (SSSR count). The van der Waals surface area contributed by atoms with Gasteiger partial charge in [-0.25, -0.2) is 9.98 Å². The van der Waals surface area contributed by atoms with Crippen molar-refractivity contribution < 1.29 is 0 Å². The van der Waals surface area contributed by atoms with Crippen molar-refractivity contribution in [1.82, 2.24) is 23.1 Å². The number of aromatic nitrogens is 5. The van der Waals surface area contributed by atoms with E-state index in [2.05, 4.69) is 207 Å². The Bertz CT molecular complexity index is 3590. The fraction of sp³-hybridized carbons (Fsp3) is 0.0196. The van der Waals surface area contributed by atoms with Gasteiger partial charge in [-0.1, -0.05) is 110 Å². The quantitative estimate of drug-likeness (QED) is 0.175. The zero-order chi connectivity index (χ0) is 37.6. The maximum atomic E-state index is 5.48. The molecule has 1 aliphatic rings. The molecule has 0 unspecified atom stereocenters. The van der Waals surface area contributed by atoms with E-state index in [9.17, 15) is 0 Å². The second kappa shape index (κ2) is 12.2. The van der Waals surface area contributed by atoms with Crippen LogP contribution >= 0.6 is 0 Å². The van der Waals surface area contributed by atoms with Crippen molar-refractivity contribution in [2.24, 2.45) is 4.99 Å². The predicted molar refractivity (Wildman–Crippen MR) is 236 cm³/mol. The fourth-order valence-corrected chi connectivity index (χ4v) is 9.16. The molecule has 1 aliphatic heterocycles. The topological polar surface area (TPSA) is 44.5 Å². The summed E-state index contributed by atoms with van der Waals surface area (Å²) in [4.78, 5) is 10.9. The Morgan fingerprint density at radius 2 is 0.982 bits per heavy atom. The molecule has 7 aromatic carbocycles. The summed E-state index contributed by atoms with van der Waals surface area (Å²) < 4.78 is 9.30. The largest absolute Gasteiger partial charge is 0.321 e. The molecule has 0 N–H and O–H groups in total. The molecule has 268 valence electrons. The first-order chi connectivity index (χ1) is 28.2. The van der Waals surface area contributed by atoms with E-state index in [4.69, 9.17) is 9.98 Å². The van der Waals surface area contributed by atoms with Gasteiger partial charge >= 0.3 is 0 Å². The molecule has 5 heterocycles. The molecule has 0 saturated carbocycles. The molecule has 57 heavy (non-hydrogen) atoms. The van der Waals surface area contributed by atoms with E-state index in [1.807, 2.05) is 0 Å². The second-order valence-electron chi connectivity index (χ2n) is 14.7. The molecule has 0 amide bonds. The summed E-state index contributed by atoms with van der Waals surface area (Å²) in [5.41, 5.74) is 13.1. The van der Waals surface area contributed by atoms with Crippen molar-refractivity contribution >= 4 is 87.8 Å². The molecule has 6 nitrogen and oxygen atoms in total. The molecular weight excluding hydrogens is 697 g/mol. The van der Waals surface area contributed by atoms with Gasteiger partial charge in [-0.15, -0.1) is 0 Å². The van der Waals surface area contributed by atoms with Crippen LogP contribution in [0.3, 0.4) is 0 Å². The smallest absolute Gasteiger partial charge is 0.147 e. The molecule has 0 radical (unpaired) electrons. The van der Waals surface area contributed by atoms with Crippen LogP contribution in [0.1, 0.15) is 0 Å². The second-order valence-corrected chi connectivity index (χ2v) is 14.7. The van der Waals surface area contributed by atoms with E-state index >= 15 is 0 Å². The van der Waals surface area contributed by atoms with Gasteiger partial charge in [0.25, 0.3) is 0 Å². The van der Waals surface area contributed by atoms with Crippen molar-refractivity contribution in [2.75, 3.05) is 0 Å². The Hall–Kier alpha value is -7.70. The summed E-state index contributed by atoms with van der Waals surface area (Å²) in [6, 6.07) is 58.2. The number of nitrogens with zero attached hydrogens (tertiary/aromatic N) is 6. The van der Waals surface area contributed by atoms with Gasteiger partial charge in [-0.3, -0.25) is 4.40 Å². The average molecular weight is 731 g/mol. The molecule has 4 aromatic heterocycles. The number of allylic oxidation sites excluding steroid dienone is 4. The van der Waals surface area contributed by atoms with Crippen LogP contribution in [0.2, 0.25) is 0 Å². The first kappa shape index (κ1) is 31.6. The normalized spacial score (nSPS) is 14.9. The minimum absolute atomic E-state index is 0.587. The fourth-order valence-electron chi connectivity index (χ4n) is 9.16. The van der Waals surface area contributed by atoms with Gasteiger partial charge in [-0.2, -0.15) is 0 Å². The highest BCUT2D eigenvalue weighted by molar-refractivity contribution is 6.11. The zero-order valence-electron chi connectivity index (χ0n) is 30.9. The van der Waals surface area contributed by atoms with Gasteiger partial charge < -0.3 is 13.7 Å². The highest BCUT2D eigenvalue weighted by Crippen LogP contribution is 2.35. The van der Waals surface area contributed by atoms with Gasteiger partial charge in [0.2, 0.25) is 0 Å². The lowest BCUT2D eigenvalue weighted by atomic mass is 10.2. The minimum atomic E-state index is 0.587. The first-order valence-corrected chi connectivity index (χ1v) is 19.3. The molecule has 11 aromatic rings. The third kappa shape index (κ3) is 4.65. The van der Waals surface area contributed by atoms with Crippen LogP contribution in [-0.2, 0) is 6.54 Å². The van der Waals surface area contributed by atoms with E-state index in [0.29, 0.717) is 12.2 Å². The van der Waals surface area contributed by atoms with Crippen molar-refractivity contribution in [2.45, 2.75) is 6.54 Å². The van der Waals surface area contributed by atoms with Crippen molar-refractivity contribution in [3.05, 3.63) is 200 Å². The van der Waals surface area contributed by atoms with Crippen LogP contribution in [0.15, 0.2) is 199 Å². The van der Waals surface area contributed by atoms with Gasteiger partial charge in [0.15, 0.2) is 0 Å². The van der Waals surface area contributed by atoms with Crippen LogP contribution in [0.25, 0.3) is 93.5 Å². The Balaban J connectivity index is 1.14. The standard InChI is InChI=1S/C51H34N6/c1-33-31-34(55-44-23-9-2-16-36(44)37-17-3-10-24-45(37)55)15-14-30-54-43-22-8-6-20-40(43)51-53-42-32-35(56-46-25-11-4-18-38(46)39-19-5-12-26-47(39)56)28-29-49(42)57(51)48-27-13-7-21-41(48)50(54)52-33/h2-29,31-32H,1,30H2/b15-14-,34-31+,52-50?. The zero-order valence-corrected chi connectivity index (χ0v) is 30.9. The van der Waals surface area contributed by atoms with E-state index in [1.165, 1.54) is 32.6 Å². The molecular formula is C51H34N6. The maximum absolute atomic E-state index is 5.48. The summed E-state index contributed by atoms with van der Waals surface area (Å²) in [6.07, 6.45) is 6.56. The van der Waals surface area contributed by atoms with Crippen LogP contribution in [0.5, 0.6) is 0 Å². The molecule has 0 atom stereocenters. The Morgan fingerprint density at radius 3 is 1.60 bits per heavy atom. The molecule has 0 saturated heterocycles. The average Bonchev–Trinajstić information content (AvgIpc) is 3.92. The van der Waals surface area contributed by atoms with Crippen LogP contribution < -0.4 is 5.49 Å². The van der Waals surface area contributed by atoms with Crippen molar-refractivity contribution in [1.29, 1.82) is 0 Å². The predicted octanol–water partition coefficient (Wildman–Crippen LogP) is 11.9. The van der Waals surface area contributed by atoms with Crippen molar-refractivity contribution in [3.8, 4) is 5.69 Å². The van der Waals surface area contributed by atoms with Gasteiger partial charge in [0, 0.05) is 50.2 Å². The Labute approximate surface area is 326 Å². The van der Waals surface area contributed by atoms with Gasteiger partial charge in [0.05, 0.1) is 49.8 Å². The third-order valence-corrected chi connectivity index (χ3v) is 11.5. The van der Waals surface area contributed by atoms with E-state index in [1.54, 1.807) is 0 Å². The summed E-state index contributed by atoms with van der Waals surface area (Å²) in [6.45, 7) is 5.14. The molecule has 0 bridgehead atoms. The number of rotatable bonds is 2. The molecule has 0 fully saturated rings. The summed E-state index contributed by atoms with van der Waals surface area (Å²) in [5, 5.41) is 6.94. The maximum Gasteiger partial charge on any atom is 0.147 e. The Morgan fingerprint density at radius 1 is 0.474 bits per heavy atom. The Kier molecular flexibility index (Phi) is 6.74. The number of hydrogen-bond acceptors (Lipinski definition) is 2. The van der Waals surface area contributed by atoms with Crippen molar-refractivity contribution in [3.63, 3.8) is 0 Å². The van der Waals surface area contributed by atoms with Gasteiger partial charge in [-0.05, 0) is 78.9 Å². The van der Waals surface area contributed by atoms with E-state index in [-0.39, 0.29) is 0 Å². The van der Waals surface area contributed by atoms with Gasteiger partial charge in [0.1, 0.15) is 11.1 Å². The SMILES string of the molecule is C=C1/C=C(n2c3ccccc3c3ccccc32)\C=C/Cn2c(c3ccccc3n3c4ccc(-n5c6ccccc6c6ccccc65)cc4nc3c3ccccc32)=N1. The minimum Gasteiger partial charge on any atom is -0.321 e. The summed E-state index contributed by atoms with van der Waals surface area (Å²) >= 11 is 0. The van der Waals surface area contributed by atoms with E-state index < -0.39 is 0 Å². The monoisotopic (exact) mass is 730 g/mol. The number of benzene rings is 7. The summed E-state index contributed by atoms with van der Waals surface area (Å²) in [5.74, 6) is 0. The van der Waals surface area contributed by atoms with E-state index in [0.717, 1.165) is 66.4 Å². The summed E-state index contributed by atoms with van der Waals surface area (Å²) in [7, 11) is 0. The number of imidazole rings is 1. The number of fused-ring (bicyclic) bond motifs is 16. The van der Waals surface area contributed by atoms with Crippen LogP contribution in [0.4, 0.5) is 0 Å².